The molecule has 13 heterocycles. The van der Waals surface area contributed by atoms with Crippen LogP contribution in [0.4, 0.5) is 17.6 Å². The van der Waals surface area contributed by atoms with Crippen LogP contribution < -0.4 is 9.47 Å². The molecule has 10 saturated heterocycles. The first-order valence-corrected chi connectivity index (χ1v) is 48.0. The molecule has 21 rings (SSSR count). The molecule has 4 N–H and O–H groups in total. The number of rotatable bonds is 15. The van der Waals surface area contributed by atoms with Crippen LogP contribution in [0.15, 0.2) is 200 Å². The van der Waals surface area contributed by atoms with Crippen LogP contribution in [0.3, 0.4) is 0 Å². The van der Waals surface area contributed by atoms with Crippen LogP contribution >= 0.6 is 27.5 Å². The van der Waals surface area contributed by atoms with Crippen molar-refractivity contribution in [2.75, 3.05) is 14.2 Å². The number of para-hydroxylation sites is 1. The number of fused-ring (bicyclic) bond motifs is 6. The van der Waals surface area contributed by atoms with Gasteiger partial charge >= 0.3 is 0 Å². The van der Waals surface area contributed by atoms with E-state index in [0.29, 0.717) is 83.1 Å². The van der Waals surface area contributed by atoms with Crippen molar-refractivity contribution < 1.29 is 66.3 Å². The monoisotopic (exact) mass is 1880 g/mol. The quantitative estimate of drug-likeness (QED) is 0.0555. The second-order valence-electron chi connectivity index (χ2n) is 37.6. The predicted molar refractivity (Wildman–Crippen MR) is 501 cm³/mol. The number of aromatic amines is 1. The Morgan fingerprint density at radius 1 is 0.447 bits per heavy atom. The molecular weight excluding hydrogens is 1760 g/mol. The molecule has 17 unspecified atom stereocenters. The Balaban J connectivity index is 0.000000118. The smallest absolute Gasteiger partial charge is 0.241 e. The topological polar surface area (TPSA) is 232 Å². The van der Waals surface area contributed by atoms with Crippen molar-refractivity contribution in [3.63, 3.8) is 0 Å². The molecular formula is C106H116BrClF4N10O10. The number of aromatic nitrogens is 5. The minimum absolute atomic E-state index is 0.0180. The summed E-state index contributed by atoms with van der Waals surface area (Å²) in [5.41, 5.74) is 12.8. The molecule has 17 atom stereocenters. The largest absolute Gasteiger partial charge is 0.508 e. The zero-order valence-electron chi connectivity index (χ0n) is 75.6. The van der Waals surface area contributed by atoms with E-state index in [1.165, 1.54) is 60.5 Å². The van der Waals surface area contributed by atoms with Gasteiger partial charge in [-0.05, 0) is 301 Å². The molecule has 11 aromatic rings. The number of imidazole rings is 2. The molecule has 20 nitrogen and oxygen atoms in total. The number of methoxy groups -OCH3 is 2. The summed E-state index contributed by atoms with van der Waals surface area (Å²) in [6, 6.07) is 53.0. The Hall–Kier alpha value is -11.1. The fraction of sp³-hybridized carbons (Fsp3) is 0.425. The molecule has 3 aromatic heterocycles. The molecule has 10 fully saturated rings. The highest BCUT2D eigenvalue weighted by atomic mass is 79.9. The number of alkyl halides is 1. The molecule has 0 aliphatic carbocycles. The van der Waals surface area contributed by atoms with Gasteiger partial charge in [-0.25, -0.2) is 27.5 Å². The molecule has 10 aliphatic heterocycles. The number of nitrogens with one attached hydrogen (secondary N) is 1. The number of amides is 5. The van der Waals surface area contributed by atoms with Gasteiger partial charge in [0.2, 0.25) is 29.5 Å². The molecule has 0 bridgehead atoms. The SMILES string of the molecule is CC1CCC2CCC(c3ccccc3)N2C1=O.COc1cc(C(O)C2CCC3CCC(c4cc(C)c(F)c(F)c4)N3C2=O)ccc1-n1cnc(C)c1.COc1cc(C(O)C2CCC3CCC(c4ccc(F)c(C)c4)N3C2=O)ccc1-n1cnc(C)c1.O=C1C(Cc2c(Br)[nH]c3ccccc23)CCC2CCC(c3ccc(O)cc3)N12.O=C1C(Cl)CCC2CCC(c3ccc(F)cc3)N12. The number of phenols is 1. The molecule has 132 heavy (non-hydrogen) atoms. The zero-order valence-corrected chi connectivity index (χ0v) is 78.0. The summed E-state index contributed by atoms with van der Waals surface area (Å²) in [5.74, 6) is -1.18. The van der Waals surface area contributed by atoms with Crippen LogP contribution in [0.5, 0.6) is 17.2 Å². The van der Waals surface area contributed by atoms with Crippen LogP contribution in [0.2, 0.25) is 0 Å². The molecule has 10 aliphatic rings. The fourth-order valence-electron chi connectivity index (χ4n) is 22.7. The summed E-state index contributed by atoms with van der Waals surface area (Å²) < 4.78 is 70.6. The van der Waals surface area contributed by atoms with Crippen molar-refractivity contribution in [3.8, 4) is 28.6 Å². The third-order valence-corrected chi connectivity index (χ3v) is 30.6. The normalized spacial score (nSPS) is 25.8. The fourth-order valence-corrected chi connectivity index (χ4v) is 23.5. The molecule has 0 saturated carbocycles. The number of H-pyrrole nitrogens is 1. The number of hydrogen-bond acceptors (Lipinski definition) is 12. The molecule has 0 spiro atoms. The van der Waals surface area contributed by atoms with E-state index >= 15 is 0 Å². The number of nitrogens with zero attached hydrogens (tertiary/aromatic N) is 9. The summed E-state index contributed by atoms with van der Waals surface area (Å²) in [5, 5.41) is 33.0. The number of ether oxygens (including phenoxy) is 2. The standard InChI is InChI=1S/C27H29F2N3O3.C27H30FN3O3.C23H23BrN2O2.C15H19NO.C14H15ClFNO/c1-15-10-18(11-21(28)25(15)29)22-9-6-19-5-7-20(27(34)32(19)22)26(33)17-4-8-23(24(12-17)35-3)31-13-16(2)30-14-31;1-16-12-18(4-9-22(16)28)23-11-7-20-6-8-21(27(33)31(20)23)26(32)19-5-10-24(25(13-19)34-3)30-14-17(2)29-15-30;24-22-19(18-3-1-2-4-20(18)25-22)13-15-5-8-16-9-12-21(26(16)23(15)28)14-6-10-17(27)11-7-14;1-11-7-8-13-9-10-14(16(13)15(11)17)12-5-3-2-4-6-12;15-12-7-5-11-6-8-13(17(11)14(12)18)9-1-3-10(16)4-2-9/h4,8,10-14,19-20,22,26,33H,5-7,9H2,1-3H3;4-5,9-10,12-15,20-21,23,26,32H,6-8,11H2,1-3H3;1-4,6-7,10-11,15-16,21,25,27H,5,8-9,12-13H2;2-6,11,13-14H,7-10H2,1H3;1-4,11-13H,5-8H2. The first kappa shape index (κ1) is 92.7. The van der Waals surface area contributed by atoms with Crippen molar-refractivity contribution >= 4 is 68.0 Å². The Bertz CT molecular complexity index is 5990. The maximum Gasteiger partial charge on any atom is 0.241 e. The van der Waals surface area contributed by atoms with Gasteiger partial charge in [0, 0.05) is 65.3 Å². The van der Waals surface area contributed by atoms with Gasteiger partial charge in [0.25, 0.3) is 0 Å². The van der Waals surface area contributed by atoms with Gasteiger partial charge in [-0.1, -0.05) is 110 Å². The van der Waals surface area contributed by atoms with Crippen molar-refractivity contribution in [1.82, 2.24) is 48.6 Å². The summed E-state index contributed by atoms with van der Waals surface area (Å²) in [7, 11) is 3.16. The highest BCUT2D eigenvalue weighted by molar-refractivity contribution is 9.10. The number of benzene rings is 8. The number of hydrogen-bond donors (Lipinski definition) is 4. The van der Waals surface area contributed by atoms with Crippen LogP contribution in [-0.4, -0.2) is 143 Å². The number of aliphatic hydroxyl groups is 2. The van der Waals surface area contributed by atoms with E-state index in [1.807, 2.05) is 99.8 Å². The van der Waals surface area contributed by atoms with Crippen LogP contribution in [0.1, 0.15) is 245 Å². The number of aliphatic hydroxyl groups excluding tert-OH is 2. The average molecular weight is 1880 g/mol. The number of aromatic hydroxyl groups is 1. The minimum atomic E-state index is -1.01. The third-order valence-electron chi connectivity index (χ3n) is 29.6. The number of piperidine rings is 5. The lowest BCUT2D eigenvalue weighted by Crippen LogP contribution is -2.47. The van der Waals surface area contributed by atoms with Crippen molar-refractivity contribution in [1.29, 1.82) is 0 Å². The second-order valence-corrected chi connectivity index (χ2v) is 38.9. The maximum absolute atomic E-state index is 14.1. The van der Waals surface area contributed by atoms with E-state index < -0.39 is 35.7 Å². The van der Waals surface area contributed by atoms with E-state index in [2.05, 4.69) is 84.0 Å². The van der Waals surface area contributed by atoms with E-state index in [9.17, 15) is 56.9 Å². The van der Waals surface area contributed by atoms with Gasteiger partial charge in [-0.3, -0.25) is 24.0 Å². The van der Waals surface area contributed by atoms with E-state index in [0.717, 1.165) is 152 Å². The van der Waals surface area contributed by atoms with Crippen LogP contribution in [0.25, 0.3) is 22.3 Å². The summed E-state index contributed by atoms with van der Waals surface area (Å²) >= 11 is 9.72. The summed E-state index contributed by atoms with van der Waals surface area (Å²) in [6.45, 7) is 9.16. The minimum Gasteiger partial charge on any atom is -0.508 e. The van der Waals surface area contributed by atoms with Gasteiger partial charge < -0.3 is 63.4 Å². The molecule has 692 valence electrons. The third kappa shape index (κ3) is 19.0. The van der Waals surface area contributed by atoms with E-state index in [1.54, 1.807) is 93.3 Å². The first-order valence-electron chi connectivity index (χ1n) is 46.8. The van der Waals surface area contributed by atoms with Gasteiger partial charge in [0.05, 0.1) is 108 Å². The van der Waals surface area contributed by atoms with Crippen LogP contribution in [-0.2, 0) is 30.4 Å². The highest BCUT2D eigenvalue weighted by Gasteiger charge is 2.51. The van der Waals surface area contributed by atoms with Gasteiger partial charge in [0.15, 0.2) is 11.6 Å². The number of halogens is 6. The van der Waals surface area contributed by atoms with Crippen molar-refractivity contribution in [3.05, 3.63) is 290 Å². The lowest BCUT2D eigenvalue weighted by atomic mass is 9.85. The van der Waals surface area contributed by atoms with Gasteiger partial charge in [-0.2, -0.15) is 0 Å². The Labute approximate surface area is 781 Å². The Kier molecular flexibility index (Phi) is 28.1. The highest BCUT2D eigenvalue weighted by Crippen LogP contribution is 2.51. The summed E-state index contributed by atoms with van der Waals surface area (Å²) in [4.78, 5) is 87.2. The lowest BCUT2D eigenvalue weighted by molar-refractivity contribution is -0.148. The maximum atomic E-state index is 14.1. The first-order chi connectivity index (χ1) is 63.7. The van der Waals surface area contributed by atoms with Crippen LogP contribution in [0, 0.1) is 74.6 Å². The number of carbonyl (C=O) groups excluding carboxylic acids is 5. The Morgan fingerprint density at radius 3 is 1.39 bits per heavy atom. The molecule has 5 amide bonds. The lowest BCUT2D eigenvalue weighted by Gasteiger charge is -2.40. The molecule has 0 radical (unpaired) electrons. The van der Waals surface area contributed by atoms with Gasteiger partial charge in [-0.15, -0.1) is 11.6 Å². The molecule has 26 heteroatoms. The average Bonchev–Trinajstić information content (AvgIpc) is 1.51. The summed E-state index contributed by atoms with van der Waals surface area (Å²) in [6.07, 6.45) is 24.5. The second kappa shape index (κ2) is 40.0. The van der Waals surface area contributed by atoms with E-state index in [-0.39, 0.29) is 100 Å². The zero-order chi connectivity index (χ0) is 92.6. The number of carbonyl (C=O) groups is 5. The molecule has 8 aromatic carbocycles. The number of aryl methyl sites for hydroxylation is 4. The van der Waals surface area contributed by atoms with Gasteiger partial charge in [0.1, 0.15) is 34.3 Å². The van der Waals surface area contributed by atoms with E-state index in [4.69, 9.17) is 21.1 Å². The predicted octanol–water partition coefficient (Wildman–Crippen LogP) is 21.5. The van der Waals surface area contributed by atoms with Crippen molar-refractivity contribution in [2.45, 2.75) is 247 Å². The van der Waals surface area contributed by atoms with Crippen molar-refractivity contribution in [2.24, 2.45) is 23.7 Å². The Morgan fingerprint density at radius 2 is 0.879 bits per heavy atom. The number of phenolic OH excluding ortho intramolecular Hbond substituents is 1.